The first kappa shape index (κ1) is 15.0. The largest absolute Gasteiger partial charge is 0.467 e. The van der Waals surface area contributed by atoms with Crippen LogP contribution >= 0.6 is 11.3 Å². The molecule has 0 unspecified atom stereocenters. The molecule has 0 saturated carbocycles. The first-order valence-electron chi connectivity index (χ1n) is 7.67. The minimum absolute atomic E-state index is 0.0288. The van der Waals surface area contributed by atoms with E-state index >= 15 is 0 Å². The molecule has 1 aliphatic rings. The predicted octanol–water partition coefficient (Wildman–Crippen LogP) is 2.37. The van der Waals surface area contributed by atoms with Crippen molar-refractivity contribution in [3.05, 3.63) is 29.2 Å². The molecule has 3 heterocycles. The first-order chi connectivity index (χ1) is 10.8. The van der Waals surface area contributed by atoms with Gasteiger partial charge in [0.25, 0.3) is 0 Å². The Morgan fingerprint density at radius 1 is 1.55 bits per heavy atom. The van der Waals surface area contributed by atoms with Gasteiger partial charge in [-0.1, -0.05) is 18.3 Å². The average molecular weight is 320 g/mol. The first-order valence-corrected chi connectivity index (χ1v) is 8.48. The maximum absolute atomic E-state index is 12.4. The third kappa shape index (κ3) is 3.30. The molecule has 7 heteroatoms. The molecule has 1 amide bonds. The van der Waals surface area contributed by atoms with Crippen molar-refractivity contribution in [1.82, 2.24) is 15.5 Å². The maximum atomic E-state index is 12.4. The molecule has 1 atom stereocenters. The zero-order valence-electron chi connectivity index (χ0n) is 12.6. The van der Waals surface area contributed by atoms with Gasteiger partial charge in [0.2, 0.25) is 11.0 Å². The number of carbonyl (C=O) groups is 1. The normalized spacial score (nSPS) is 17.9. The van der Waals surface area contributed by atoms with E-state index in [0.717, 1.165) is 48.1 Å². The number of anilines is 1. The summed E-state index contributed by atoms with van der Waals surface area (Å²) >= 11 is 1.60. The van der Waals surface area contributed by atoms with Gasteiger partial charge in [0, 0.05) is 13.0 Å². The smallest absolute Gasteiger partial charge is 0.243 e. The van der Waals surface area contributed by atoms with E-state index in [1.165, 1.54) is 0 Å². The number of hydrogen-bond acceptors (Lipinski definition) is 6. The number of nitrogens with one attached hydrogen (secondary N) is 1. The standard InChI is InChI=1S/C15H20N4O2S/c1-2-5-13-17-18-15(22-13)19-8-3-7-12(19)14(20)16-10-11-6-4-9-21-11/h4,6,9,12H,2-3,5,7-8,10H2,1H3,(H,16,20)/t12-/m0/s1. The third-order valence-corrected chi connectivity index (χ3v) is 4.76. The van der Waals surface area contributed by atoms with Gasteiger partial charge in [-0.3, -0.25) is 4.79 Å². The van der Waals surface area contributed by atoms with Crippen LogP contribution < -0.4 is 10.2 Å². The van der Waals surface area contributed by atoms with Gasteiger partial charge in [-0.2, -0.15) is 0 Å². The van der Waals surface area contributed by atoms with Crippen LogP contribution in [-0.2, 0) is 17.8 Å². The van der Waals surface area contributed by atoms with Crippen molar-refractivity contribution in [3.8, 4) is 0 Å². The van der Waals surface area contributed by atoms with Crippen LogP contribution in [0.1, 0.15) is 37.0 Å². The Kier molecular flexibility index (Phi) is 4.72. The van der Waals surface area contributed by atoms with E-state index in [2.05, 4.69) is 27.3 Å². The second-order valence-electron chi connectivity index (χ2n) is 5.38. The SMILES string of the molecule is CCCc1nnc(N2CCC[C@H]2C(=O)NCc2ccco2)s1. The van der Waals surface area contributed by atoms with Gasteiger partial charge >= 0.3 is 0 Å². The van der Waals surface area contributed by atoms with Gasteiger partial charge in [0.1, 0.15) is 16.8 Å². The number of furan rings is 1. The van der Waals surface area contributed by atoms with Gasteiger partial charge in [-0.05, 0) is 31.4 Å². The highest BCUT2D eigenvalue weighted by atomic mass is 32.1. The molecular weight excluding hydrogens is 300 g/mol. The summed E-state index contributed by atoms with van der Waals surface area (Å²) in [6.07, 6.45) is 5.47. The van der Waals surface area contributed by atoms with E-state index in [1.807, 2.05) is 12.1 Å². The number of amides is 1. The molecule has 0 aromatic carbocycles. The lowest BCUT2D eigenvalue weighted by Crippen LogP contribution is -2.43. The monoisotopic (exact) mass is 320 g/mol. The highest BCUT2D eigenvalue weighted by molar-refractivity contribution is 7.15. The molecule has 0 spiro atoms. The number of hydrogen-bond donors (Lipinski definition) is 1. The van der Waals surface area contributed by atoms with Crippen LogP contribution in [0.4, 0.5) is 5.13 Å². The van der Waals surface area contributed by atoms with Crippen LogP contribution in [0, 0.1) is 0 Å². The summed E-state index contributed by atoms with van der Waals surface area (Å²) in [5.41, 5.74) is 0. The summed E-state index contributed by atoms with van der Waals surface area (Å²) in [6, 6.07) is 3.52. The van der Waals surface area contributed by atoms with Gasteiger partial charge in [0.15, 0.2) is 0 Å². The van der Waals surface area contributed by atoms with E-state index in [0.29, 0.717) is 6.54 Å². The second-order valence-corrected chi connectivity index (χ2v) is 6.42. The minimum atomic E-state index is -0.155. The molecule has 3 rings (SSSR count). The molecule has 0 radical (unpaired) electrons. The van der Waals surface area contributed by atoms with Crippen LogP contribution in [0.15, 0.2) is 22.8 Å². The Hall–Kier alpha value is -1.89. The van der Waals surface area contributed by atoms with Crippen molar-refractivity contribution >= 4 is 22.4 Å². The van der Waals surface area contributed by atoms with Gasteiger partial charge < -0.3 is 14.6 Å². The van der Waals surface area contributed by atoms with Crippen molar-refractivity contribution in [3.63, 3.8) is 0 Å². The molecule has 2 aromatic rings. The Bertz CT molecular complexity index is 611. The van der Waals surface area contributed by atoms with Gasteiger partial charge in [-0.15, -0.1) is 10.2 Å². The van der Waals surface area contributed by atoms with E-state index in [1.54, 1.807) is 17.6 Å². The van der Waals surface area contributed by atoms with Crippen molar-refractivity contribution in [2.45, 2.75) is 45.2 Å². The van der Waals surface area contributed by atoms with Crippen LogP contribution in [0.25, 0.3) is 0 Å². The van der Waals surface area contributed by atoms with E-state index in [-0.39, 0.29) is 11.9 Å². The Balaban J connectivity index is 1.62. The number of aryl methyl sites for hydroxylation is 1. The highest BCUT2D eigenvalue weighted by Crippen LogP contribution is 2.29. The van der Waals surface area contributed by atoms with Crippen molar-refractivity contribution in [2.24, 2.45) is 0 Å². The van der Waals surface area contributed by atoms with E-state index in [4.69, 9.17) is 4.42 Å². The molecule has 0 bridgehead atoms. The molecule has 6 nitrogen and oxygen atoms in total. The molecule has 1 aliphatic heterocycles. The Labute approximate surface area is 133 Å². The van der Waals surface area contributed by atoms with Crippen molar-refractivity contribution in [1.29, 1.82) is 0 Å². The summed E-state index contributed by atoms with van der Waals surface area (Å²) in [4.78, 5) is 14.5. The van der Waals surface area contributed by atoms with E-state index < -0.39 is 0 Å². The topological polar surface area (TPSA) is 71.3 Å². The number of nitrogens with zero attached hydrogens (tertiary/aromatic N) is 3. The summed E-state index contributed by atoms with van der Waals surface area (Å²) in [7, 11) is 0. The summed E-state index contributed by atoms with van der Waals surface area (Å²) in [5, 5.41) is 13.3. The summed E-state index contributed by atoms with van der Waals surface area (Å²) in [5.74, 6) is 0.792. The fourth-order valence-corrected chi connectivity index (χ4v) is 3.67. The summed E-state index contributed by atoms with van der Waals surface area (Å²) < 4.78 is 5.24. The zero-order chi connectivity index (χ0) is 15.4. The number of rotatable bonds is 6. The molecule has 118 valence electrons. The van der Waals surface area contributed by atoms with Crippen molar-refractivity contribution in [2.75, 3.05) is 11.4 Å². The fraction of sp³-hybridized carbons (Fsp3) is 0.533. The molecule has 1 N–H and O–H groups in total. The lowest BCUT2D eigenvalue weighted by molar-refractivity contribution is -0.122. The molecule has 1 saturated heterocycles. The van der Waals surface area contributed by atoms with Crippen molar-refractivity contribution < 1.29 is 9.21 Å². The maximum Gasteiger partial charge on any atom is 0.243 e. The van der Waals surface area contributed by atoms with E-state index in [9.17, 15) is 4.79 Å². The molecule has 22 heavy (non-hydrogen) atoms. The quantitative estimate of drug-likeness (QED) is 0.885. The predicted molar refractivity (Wildman–Crippen MR) is 84.8 cm³/mol. The van der Waals surface area contributed by atoms with Crippen LogP contribution in [-0.4, -0.2) is 28.7 Å². The zero-order valence-corrected chi connectivity index (χ0v) is 13.4. The van der Waals surface area contributed by atoms with Gasteiger partial charge in [0.05, 0.1) is 12.8 Å². The van der Waals surface area contributed by atoms with Gasteiger partial charge in [-0.25, -0.2) is 0 Å². The Morgan fingerprint density at radius 3 is 3.23 bits per heavy atom. The average Bonchev–Trinajstić information content (AvgIpc) is 3.25. The molecule has 0 aliphatic carbocycles. The lowest BCUT2D eigenvalue weighted by Gasteiger charge is -2.22. The molecule has 1 fully saturated rings. The number of aromatic nitrogens is 2. The fourth-order valence-electron chi connectivity index (χ4n) is 2.65. The third-order valence-electron chi connectivity index (χ3n) is 3.74. The van der Waals surface area contributed by atoms with Crippen LogP contribution in [0.3, 0.4) is 0 Å². The Morgan fingerprint density at radius 2 is 2.45 bits per heavy atom. The molecule has 2 aromatic heterocycles. The lowest BCUT2D eigenvalue weighted by atomic mass is 10.2. The highest BCUT2D eigenvalue weighted by Gasteiger charge is 2.32. The summed E-state index contributed by atoms with van der Waals surface area (Å²) in [6.45, 7) is 3.41. The van der Waals surface area contributed by atoms with Crippen LogP contribution in [0.2, 0.25) is 0 Å². The number of carbonyl (C=O) groups excluding carboxylic acids is 1. The van der Waals surface area contributed by atoms with Crippen LogP contribution in [0.5, 0.6) is 0 Å². The minimum Gasteiger partial charge on any atom is -0.467 e. The second kappa shape index (κ2) is 6.91. The molecular formula is C15H20N4O2S.